The Bertz CT molecular complexity index is 503. The van der Waals surface area contributed by atoms with Crippen LogP contribution in [0, 0.1) is 0 Å². The first-order chi connectivity index (χ1) is 8.29. The second-order valence-corrected chi connectivity index (χ2v) is 3.61. The smallest absolute Gasteiger partial charge is 0.153 e. The van der Waals surface area contributed by atoms with E-state index in [1.54, 1.807) is 42.5 Å². The summed E-state index contributed by atoms with van der Waals surface area (Å²) in [5, 5.41) is 9.14. The van der Waals surface area contributed by atoms with Gasteiger partial charge in [-0.3, -0.25) is 4.79 Å². The molecule has 0 aliphatic heterocycles. The van der Waals surface area contributed by atoms with E-state index in [1.807, 2.05) is 6.07 Å². The van der Waals surface area contributed by atoms with E-state index in [4.69, 9.17) is 9.84 Å². The van der Waals surface area contributed by atoms with Crippen LogP contribution in [0.1, 0.15) is 15.9 Å². The highest BCUT2D eigenvalue weighted by Crippen LogP contribution is 2.18. The topological polar surface area (TPSA) is 46.5 Å². The molecule has 0 fully saturated rings. The number of carbonyl (C=O) groups excluding carboxylic acids is 1. The van der Waals surface area contributed by atoms with E-state index >= 15 is 0 Å². The summed E-state index contributed by atoms with van der Waals surface area (Å²) in [7, 11) is 0. The SMILES string of the molecule is O=Cc1ccccc1OCc1ccc(O)cc1. The minimum absolute atomic E-state index is 0.224. The van der Waals surface area contributed by atoms with Crippen LogP contribution in [-0.2, 0) is 6.61 Å². The maximum atomic E-state index is 10.8. The predicted molar refractivity (Wildman–Crippen MR) is 64.3 cm³/mol. The molecule has 0 bridgehead atoms. The maximum Gasteiger partial charge on any atom is 0.153 e. The molecule has 2 rings (SSSR count). The Balaban J connectivity index is 2.07. The minimum Gasteiger partial charge on any atom is -0.508 e. The van der Waals surface area contributed by atoms with Crippen LogP contribution >= 0.6 is 0 Å². The van der Waals surface area contributed by atoms with Gasteiger partial charge in [0, 0.05) is 0 Å². The van der Waals surface area contributed by atoms with Crippen molar-refractivity contribution in [1.29, 1.82) is 0 Å². The first-order valence-corrected chi connectivity index (χ1v) is 5.24. The van der Waals surface area contributed by atoms with Gasteiger partial charge in [0.15, 0.2) is 6.29 Å². The normalized spacial score (nSPS) is 9.88. The van der Waals surface area contributed by atoms with Gasteiger partial charge in [-0.05, 0) is 29.8 Å². The lowest BCUT2D eigenvalue weighted by Crippen LogP contribution is -1.97. The molecule has 0 aliphatic carbocycles. The number of aromatic hydroxyl groups is 1. The van der Waals surface area contributed by atoms with Crippen LogP contribution in [0.3, 0.4) is 0 Å². The van der Waals surface area contributed by atoms with E-state index in [-0.39, 0.29) is 5.75 Å². The Morgan fingerprint density at radius 3 is 2.47 bits per heavy atom. The lowest BCUT2D eigenvalue weighted by atomic mass is 10.2. The molecule has 0 heterocycles. The third kappa shape index (κ3) is 2.84. The molecule has 0 spiro atoms. The molecular weight excluding hydrogens is 216 g/mol. The van der Waals surface area contributed by atoms with Crippen LogP contribution in [0.4, 0.5) is 0 Å². The highest BCUT2D eigenvalue weighted by molar-refractivity contribution is 5.79. The second-order valence-electron chi connectivity index (χ2n) is 3.61. The number of aldehydes is 1. The maximum absolute atomic E-state index is 10.8. The van der Waals surface area contributed by atoms with Crippen molar-refractivity contribution < 1.29 is 14.6 Å². The van der Waals surface area contributed by atoms with Gasteiger partial charge in [-0.15, -0.1) is 0 Å². The van der Waals surface area contributed by atoms with Gasteiger partial charge in [-0.1, -0.05) is 24.3 Å². The number of benzene rings is 2. The Hall–Kier alpha value is -2.29. The zero-order chi connectivity index (χ0) is 12.1. The van der Waals surface area contributed by atoms with Crippen LogP contribution in [0.5, 0.6) is 11.5 Å². The van der Waals surface area contributed by atoms with E-state index in [2.05, 4.69) is 0 Å². The number of hydrogen-bond donors (Lipinski definition) is 1. The number of rotatable bonds is 4. The number of ether oxygens (including phenoxy) is 1. The molecule has 2 aromatic carbocycles. The highest BCUT2D eigenvalue weighted by Gasteiger charge is 2.01. The number of carbonyl (C=O) groups is 1. The zero-order valence-electron chi connectivity index (χ0n) is 9.17. The number of phenols is 1. The van der Waals surface area contributed by atoms with Crippen molar-refractivity contribution in [2.24, 2.45) is 0 Å². The molecule has 0 atom stereocenters. The monoisotopic (exact) mass is 228 g/mol. The molecule has 0 saturated carbocycles. The van der Waals surface area contributed by atoms with Gasteiger partial charge in [0.1, 0.15) is 18.1 Å². The summed E-state index contributed by atoms with van der Waals surface area (Å²) in [6.07, 6.45) is 0.770. The van der Waals surface area contributed by atoms with Crippen molar-refractivity contribution in [1.82, 2.24) is 0 Å². The van der Waals surface area contributed by atoms with Crippen molar-refractivity contribution in [2.75, 3.05) is 0 Å². The standard InChI is InChI=1S/C14H12O3/c15-9-12-3-1-2-4-14(12)17-10-11-5-7-13(16)8-6-11/h1-9,16H,10H2. The lowest BCUT2D eigenvalue weighted by Gasteiger charge is -2.08. The molecule has 17 heavy (non-hydrogen) atoms. The van der Waals surface area contributed by atoms with Crippen LogP contribution < -0.4 is 4.74 Å². The Morgan fingerprint density at radius 2 is 1.76 bits per heavy atom. The molecule has 3 nitrogen and oxygen atoms in total. The third-order valence-electron chi connectivity index (χ3n) is 2.38. The van der Waals surface area contributed by atoms with Crippen molar-refractivity contribution in [3.8, 4) is 11.5 Å². The second kappa shape index (κ2) is 5.16. The molecule has 2 aromatic rings. The third-order valence-corrected chi connectivity index (χ3v) is 2.38. The van der Waals surface area contributed by atoms with Crippen LogP contribution in [0.25, 0.3) is 0 Å². The molecule has 3 heteroatoms. The van der Waals surface area contributed by atoms with E-state index in [0.29, 0.717) is 17.9 Å². The summed E-state index contributed by atoms with van der Waals surface area (Å²) in [4.78, 5) is 10.8. The largest absolute Gasteiger partial charge is 0.508 e. The molecular formula is C14H12O3. The molecule has 0 unspecified atom stereocenters. The summed E-state index contributed by atoms with van der Waals surface area (Å²) in [6.45, 7) is 0.366. The van der Waals surface area contributed by atoms with E-state index in [0.717, 1.165) is 11.8 Å². The minimum atomic E-state index is 0.224. The average Bonchev–Trinajstić information content (AvgIpc) is 2.38. The van der Waals surface area contributed by atoms with E-state index in [1.165, 1.54) is 0 Å². The van der Waals surface area contributed by atoms with Crippen molar-refractivity contribution in [2.45, 2.75) is 6.61 Å². The molecule has 0 saturated heterocycles. The summed E-state index contributed by atoms with van der Waals surface area (Å²) in [5.41, 5.74) is 1.47. The quantitative estimate of drug-likeness (QED) is 0.818. The van der Waals surface area contributed by atoms with Crippen LogP contribution in [0.15, 0.2) is 48.5 Å². The van der Waals surface area contributed by atoms with Gasteiger partial charge >= 0.3 is 0 Å². The summed E-state index contributed by atoms with van der Waals surface area (Å²) in [6, 6.07) is 13.8. The first-order valence-electron chi connectivity index (χ1n) is 5.24. The molecule has 86 valence electrons. The van der Waals surface area contributed by atoms with Crippen molar-refractivity contribution in [3.05, 3.63) is 59.7 Å². The fraction of sp³-hybridized carbons (Fsp3) is 0.0714. The lowest BCUT2D eigenvalue weighted by molar-refractivity contribution is 0.111. The summed E-state index contributed by atoms with van der Waals surface area (Å²) < 4.78 is 5.54. The van der Waals surface area contributed by atoms with Gasteiger partial charge < -0.3 is 9.84 Å². The number of hydrogen-bond acceptors (Lipinski definition) is 3. The van der Waals surface area contributed by atoms with Crippen molar-refractivity contribution in [3.63, 3.8) is 0 Å². The van der Waals surface area contributed by atoms with Crippen molar-refractivity contribution >= 4 is 6.29 Å². The molecule has 0 radical (unpaired) electrons. The Labute approximate surface area is 99.3 Å². The fourth-order valence-corrected chi connectivity index (χ4v) is 1.46. The average molecular weight is 228 g/mol. The van der Waals surface area contributed by atoms with E-state index in [9.17, 15) is 4.79 Å². The van der Waals surface area contributed by atoms with Gasteiger partial charge in [0.2, 0.25) is 0 Å². The molecule has 1 N–H and O–H groups in total. The van der Waals surface area contributed by atoms with Gasteiger partial charge in [-0.2, -0.15) is 0 Å². The summed E-state index contributed by atoms with van der Waals surface area (Å²) in [5.74, 6) is 0.789. The Morgan fingerprint density at radius 1 is 1.06 bits per heavy atom. The molecule has 0 aromatic heterocycles. The Kier molecular flexibility index (Phi) is 3.40. The van der Waals surface area contributed by atoms with Gasteiger partial charge in [0.25, 0.3) is 0 Å². The number of para-hydroxylation sites is 1. The van der Waals surface area contributed by atoms with Gasteiger partial charge in [-0.25, -0.2) is 0 Å². The predicted octanol–water partition coefficient (Wildman–Crippen LogP) is 2.78. The van der Waals surface area contributed by atoms with Crippen LogP contribution in [0.2, 0.25) is 0 Å². The molecule has 0 amide bonds. The zero-order valence-corrected chi connectivity index (χ0v) is 9.17. The summed E-state index contributed by atoms with van der Waals surface area (Å²) >= 11 is 0. The van der Waals surface area contributed by atoms with Gasteiger partial charge in [0.05, 0.1) is 5.56 Å². The van der Waals surface area contributed by atoms with Crippen LogP contribution in [-0.4, -0.2) is 11.4 Å². The molecule has 0 aliphatic rings. The first kappa shape index (κ1) is 11.2. The highest BCUT2D eigenvalue weighted by atomic mass is 16.5. The number of phenolic OH excluding ortho intramolecular Hbond substituents is 1. The fourth-order valence-electron chi connectivity index (χ4n) is 1.46. The van der Waals surface area contributed by atoms with E-state index < -0.39 is 0 Å².